The van der Waals surface area contributed by atoms with E-state index in [0.29, 0.717) is 18.9 Å². The molecule has 1 fully saturated rings. The lowest BCUT2D eigenvalue weighted by Crippen LogP contribution is -2.34. The van der Waals surface area contributed by atoms with Gasteiger partial charge in [0.05, 0.1) is 6.10 Å². The Bertz CT molecular complexity index is 225. The lowest BCUT2D eigenvalue weighted by molar-refractivity contribution is -0.121. The molecule has 4 nitrogen and oxygen atoms in total. The largest absolute Gasteiger partial charge is 0.391 e. The molecule has 100 valence electrons. The van der Waals surface area contributed by atoms with Crippen molar-refractivity contribution >= 4 is 5.91 Å². The van der Waals surface area contributed by atoms with E-state index in [2.05, 4.69) is 24.1 Å². The molecule has 1 aliphatic heterocycles. The number of likely N-dealkylation sites (tertiary alicyclic amines) is 1. The smallest absolute Gasteiger partial charge is 0.221 e. The number of nitrogens with zero attached hydrogens (tertiary/aromatic N) is 1. The van der Waals surface area contributed by atoms with Gasteiger partial charge < -0.3 is 15.3 Å². The Hall–Kier alpha value is -0.610. The Morgan fingerprint density at radius 1 is 1.35 bits per heavy atom. The molecule has 2 N–H and O–H groups in total. The molecule has 0 aliphatic carbocycles. The van der Waals surface area contributed by atoms with Crippen molar-refractivity contribution in [2.24, 2.45) is 5.92 Å². The van der Waals surface area contributed by atoms with Gasteiger partial charge in [-0.05, 0) is 38.3 Å². The number of rotatable bonds is 7. The van der Waals surface area contributed by atoms with Gasteiger partial charge in [0.2, 0.25) is 5.91 Å². The Balaban J connectivity index is 2.04. The minimum absolute atomic E-state index is 0.0553. The number of nitrogens with one attached hydrogen (secondary N) is 1. The lowest BCUT2D eigenvalue weighted by atomic mass is 10.1. The van der Waals surface area contributed by atoms with Gasteiger partial charge in [-0.2, -0.15) is 0 Å². The van der Waals surface area contributed by atoms with Gasteiger partial charge in [0, 0.05) is 19.5 Å². The summed E-state index contributed by atoms with van der Waals surface area (Å²) in [5.74, 6) is 0.520. The second-order valence-corrected chi connectivity index (χ2v) is 5.39. The van der Waals surface area contributed by atoms with Gasteiger partial charge in [-0.25, -0.2) is 0 Å². The van der Waals surface area contributed by atoms with Crippen molar-refractivity contribution in [1.82, 2.24) is 10.2 Å². The first-order valence-electron chi connectivity index (χ1n) is 6.75. The highest BCUT2D eigenvalue weighted by molar-refractivity contribution is 5.76. The van der Waals surface area contributed by atoms with Crippen LogP contribution in [-0.4, -0.2) is 48.2 Å². The summed E-state index contributed by atoms with van der Waals surface area (Å²) in [5.41, 5.74) is 0. The van der Waals surface area contributed by atoms with Crippen LogP contribution in [0.2, 0.25) is 0 Å². The maximum atomic E-state index is 11.5. The zero-order chi connectivity index (χ0) is 12.7. The van der Waals surface area contributed by atoms with Crippen molar-refractivity contribution in [3.05, 3.63) is 0 Å². The van der Waals surface area contributed by atoms with Crippen molar-refractivity contribution in [1.29, 1.82) is 0 Å². The summed E-state index contributed by atoms with van der Waals surface area (Å²) in [6.07, 6.45) is 3.40. The Labute approximate surface area is 104 Å². The maximum Gasteiger partial charge on any atom is 0.221 e. The van der Waals surface area contributed by atoms with Crippen molar-refractivity contribution in [3.8, 4) is 0 Å². The van der Waals surface area contributed by atoms with Gasteiger partial charge >= 0.3 is 0 Å². The molecular weight excluding hydrogens is 216 g/mol. The summed E-state index contributed by atoms with van der Waals surface area (Å²) >= 11 is 0. The van der Waals surface area contributed by atoms with Crippen molar-refractivity contribution < 1.29 is 9.90 Å². The summed E-state index contributed by atoms with van der Waals surface area (Å²) in [7, 11) is 0. The van der Waals surface area contributed by atoms with Crippen LogP contribution >= 0.6 is 0 Å². The molecule has 17 heavy (non-hydrogen) atoms. The molecule has 1 heterocycles. The predicted molar refractivity (Wildman–Crippen MR) is 68.8 cm³/mol. The Morgan fingerprint density at radius 2 is 2.00 bits per heavy atom. The third-order valence-corrected chi connectivity index (χ3v) is 3.13. The van der Waals surface area contributed by atoms with Crippen LogP contribution < -0.4 is 5.32 Å². The number of aliphatic hydroxyl groups excluding tert-OH is 1. The molecule has 4 heteroatoms. The van der Waals surface area contributed by atoms with E-state index < -0.39 is 6.10 Å². The fourth-order valence-corrected chi connectivity index (χ4v) is 2.21. The summed E-state index contributed by atoms with van der Waals surface area (Å²) in [5, 5.41) is 12.4. The van der Waals surface area contributed by atoms with Gasteiger partial charge in [0.15, 0.2) is 0 Å². The SMILES string of the molecule is CC(C)CC(O)CNC(=O)CCN1CCCC1. The van der Waals surface area contributed by atoms with E-state index >= 15 is 0 Å². The van der Waals surface area contributed by atoms with Crippen molar-refractivity contribution in [2.45, 2.75) is 45.6 Å². The molecule has 1 saturated heterocycles. The van der Waals surface area contributed by atoms with Crippen LogP contribution in [0.4, 0.5) is 0 Å². The molecule has 1 unspecified atom stereocenters. The second kappa shape index (κ2) is 7.67. The molecule has 1 amide bonds. The highest BCUT2D eigenvalue weighted by Gasteiger charge is 2.13. The molecule has 0 aromatic rings. The van der Waals surface area contributed by atoms with Crippen molar-refractivity contribution in [3.63, 3.8) is 0 Å². The lowest BCUT2D eigenvalue weighted by Gasteiger charge is -2.16. The fourth-order valence-electron chi connectivity index (χ4n) is 2.21. The monoisotopic (exact) mass is 242 g/mol. The third kappa shape index (κ3) is 6.64. The normalized spacial score (nSPS) is 18.6. The van der Waals surface area contributed by atoms with Gasteiger partial charge in [-0.15, -0.1) is 0 Å². The summed E-state index contributed by atoms with van der Waals surface area (Å²) in [6.45, 7) is 7.63. The topological polar surface area (TPSA) is 52.6 Å². The minimum Gasteiger partial charge on any atom is -0.391 e. The maximum absolute atomic E-state index is 11.5. The van der Waals surface area contributed by atoms with E-state index in [1.807, 2.05) is 0 Å². The molecular formula is C13H26N2O2. The summed E-state index contributed by atoms with van der Waals surface area (Å²) < 4.78 is 0. The van der Waals surface area contributed by atoms with E-state index in [-0.39, 0.29) is 5.91 Å². The highest BCUT2D eigenvalue weighted by Crippen LogP contribution is 2.07. The number of carbonyl (C=O) groups is 1. The molecule has 1 atom stereocenters. The van der Waals surface area contributed by atoms with Gasteiger partial charge in [0.1, 0.15) is 0 Å². The summed E-state index contributed by atoms with van der Waals surface area (Å²) in [6, 6.07) is 0. The van der Waals surface area contributed by atoms with Crippen LogP contribution in [0.3, 0.4) is 0 Å². The first-order chi connectivity index (χ1) is 8.08. The van der Waals surface area contributed by atoms with E-state index in [4.69, 9.17) is 0 Å². The average Bonchev–Trinajstić information content (AvgIpc) is 2.75. The first-order valence-corrected chi connectivity index (χ1v) is 6.75. The summed E-state index contributed by atoms with van der Waals surface area (Å²) in [4.78, 5) is 13.9. The molecule has 0 aromatic heterocycles. The van der Waals surface area contributed by atoms with Gasteiger partial charge in [-0.1, -0.05) is 13.8 Å². The molecule has 0 bridgehead atoms. The van der Waals surface area contributed by atoms with Crippen molar-refractivity contribution in [2.75, 3.05) is 26.2 Å². The molecule has 1 rings (SSSR count). The van der Waals surface area contributed by atoms with Crippen LogP contribution in [0, 0.1) is 5.92 Å². The fraction of sp³-hybridized carbons (Fsp3) is 0.923. The molecule has 0 aromatic carbocycles. The van der Waals surface area contributed by atoms with Crippen LogP contribution in [0.15, 0.2) is 0 Å². The van der Waals surface area contributed by atoms with E-state index in [0.717, 1.165) is 26.1 Å². The predicted octanol–water partition coefficient (Wildman–Crippen LogP) is 0.995. The molecule has 0 saturated carbocycles. The first kappa shape index (κ1) is 14.5. The van der Waals surface area contributed by atoms with E-state index in [9.17, 15) is 9.90 Å². The van der Waals surface area contributed by atoms with Crippen LogP contribution in [-0.2, 0) is 4.79 Å². The standard InChI is InChI=1S/C13H26N2O2/c1-11(2)9-12(16)10-14-13(17)5-8-15-6-3-4-7-15/h11-12,16H,3-10H2,1-2H3,(H,14,17). The number of amides is 1. The molecule has 0 radical (unpaired) electrons. The van der Waals surface area contributed by atoms with Crippen LogP contribution in [0.25, 0.3) is 0 Å². The van der Waals surface area contributed by atoms with Gasteiger partial charge in [0.25, 0.3) is 0 Å². The van der Waals surface area contributed by atoms with E-state index in [1.165, 1.54) is 12.8 Å². The Kier molecular flexibility index (Phi) is 6.52. The number of hydrogen-bond donors (Lipinski definition) is 2. The van der Waals surface area contributed by atoms with E-state index in [1.54, 1.807) is 0 Å². The Morgan fingerprint density at radius 3 is 2.59 bits per heavy atom. The minimum atomic E-state index is -0.411. The third-order valence-electron chi connectivity index (χ3n) is 3.13. The molecule has 0 spiro atoms. The highest BCUT2D eigenvalue weighted by atomic mass is 16.3. The molecule has 1 aliphatic rings. The van der Waals surface area contributed by atoms with Crippen LogP contribution in [0.5, 0.6) is 0 Å². The average molecular weight is 242 g/mol. The number of aliphatic hydroxyl groups is 1. The number of hydrogen-bond acceptors (Lipinski definition) is 3. The van der Waals surface area contributed by atoms with Crippen LogP contribution in [0.1, 0.15) is 39.5 Å². The second-order valence-electron chi connectivity index (χ2n) is 5.39. The quantitative estimate of drug-likeness (QED) is 0.700. The number of carbonyl (C=O) groups excluding carboxylic acids is 1. The zero-order valence-electron chi connectivity index (χ0n) is 11.1. The zero-order valence-corrected chi connectivity index (χ0v) is 11.1. The van der Waals surface area contributed by atoms with Gasteiger partial charge in [-0.3, -0.25) is 4.79 Å².